The lowest BCUT2D eigenvalue weighted by molar-refractivity contribution is -0.153. The third-order valence-electron chi connectivity index (χ3n) is 5.83. The minimum absolute atomic E-state index is 0.0957. The molecule has 0 aliphatic carbocycles. The summed E-state index contributed by atoms with van der Waals surface area (Å²) in [4.78, 5) is 22.9. The first-order valence-corrected chi connectivity index (χ1v) is 13.1. The van der Waals surface area contributed by atoms with Gasteiger partial charge in [-0.1, -0.05) is 29.8 Å². The molecule has 0 bridgehead atoms. The molecule has 4 aromatic rings. The van der Waals surface area contributed by atoms with Crippen LogP contribution in [0.2, 0.25) is 5.02 Å². The molecule has 0 atom stereocenters. The molecule has 0 unspecified atom stereocenters. The third kappa shape index (κ3) is 8.89. The number of carbonyl (C=O) groups is 1. The van der Waals surface area contributed by atoms with Crippen LogP contribution in [-0.4, -0.2) is 54.1 Å². The molecular formula is C30H27ClF4N4O3. The van der Waals surface area contributed by atoms with E-state index in [2.05, 4.69) is 15.3 Å². The van der Waals surface area contributed by atoms with Crippen molar-refractivity contribution in [1.29, 1.82) is 0 Å². The van der Waals surface area contributed by atoms with Crippen LogP contribution in [-0.2, 0) is 17.8 Å². The van der Waals surface area contributed by atoms with Gasteiger partial charge >= 0.3 is 6.18 Å². The van der Waals surface area contributed by atoms with Gasteiger partial charge in [0, 0.05) is 35.7 Å². The molecule has 12 heteroatoms. The Bertz CT molecular complexity index is 1600. The van der Waals surface area contributed by atoms with Crippen LogP contribution in [0.25, 0.3) is 10.9 Å². The number of hydrogen-bond acceptors (Lipinski definition) is 7. The molecule has 0 amide bonds. The SMILES string of the molecule is CN(C)C/C=C/C(=O)Cc1cc2c(Nc3ccc(OCc4cccc(F)c4)c(Cl)c3)ncnc2cc1OCC(F)(F)F. The maximum absolute atomic E-state index is 13.4. The van der Waals surface area contributed by atoms with E-state index in [1.807, 2.05) is 19.0 Å². The lowest BCUT2D eigenvalue weighted by Crippen LogP contribution is -2.20. The minimum Gasteiger partial charge on any atom is -0.487 e. The van der Waals surface area contributed by atoms with Crippen LogP contribution in [0.4, 0.5) is 29.1 Å². The van der Waals surface area contributed by atoms with Crippen molar-refractivity contribution in [3.05, 3.63) is 95.0 Å². The van der Waals surface area contributed by atoms with Gasteiger partial charge < -0.3 is 19.7 Å². The van der Waals surface area contributed by atoms with E-state index in [0.29, 0.717) is 40.3 Å². The van der Waals surface area contributed by atoms with Crippen molar-refractivity contribution >= 4 is 39.8 Å². The summed E-state index contributed by atoms with van der Waals surface area (Å²) in [5.41, 5.74) is 1.75. The zero-order valence-corrected chi connectivity index (χ0v) is 23.5. The first-order chi connectivity index (χ1) is 20.0. The minimum atomic E-state index is -4.56. The van der Waals surface area contributed by atoms with Gasteiger partial charge in [-0.05, 0) is 62.1 Å². The Morgan fingerprint density at radius 1 is 1.05 bits per heavy atom. The van der Waals surface area contributed by atoms with E-state index in [1.165, 1.54) is 30.6 Å². The second-order valence-electron chi connectivity index (χ2n) is 9.60. The number of likely N-dealkylation sites (N-methyl/N-ethyl adjacent to an activating group) is 1. The number of ketones is 1. The number of benzene rings is 3. The number of halogens is 5. The van der Waals surface area contributed by atoms with E-state index < -0.39 is 12.8 Å². The van der Waals surface area contributed by atoms with E-state index >= 15 is 0 Å². The molecule has 0 fully saturated rings. The predicted molar refractivity (Wildman–Crippen MR) is 153 cm³/mol. The van der Waals surface area contributed by atoms with Crippen molar-refractivity contribution in [2.45, 2.75) is 19.2 Å². The molecule has 1 aromatic heterocycles. The summed E-state index contributed by atoms with van der Waals surface area (Å²) < 4.78 is 63.0. The van der Waals surface area contributed by atoms with Gasteiger partial charge in [0.1, 0.15) is 36.1 Å². The number of aromatic nitrogens is 2. The van der Waals surface area contributed by atoms with Gasteiger partial charge in [-0.3, -0.25) is 4.79 Å². The molecular weight excluding hydrogens is 576 g/mol. The fraction of sp³-hybridized carbons (Fsp3) is 0.233. The molecule has 4 rings (SSSR count). The van der Waals surface area contributed by atoms with E-state index in [1.54, 1.807) is 42.5 Å². The normalized spacial score (nSPS) is 11.8. The van der Waals surface area contributed by atoms with Gasteiger partial charge in [-0.2, -0.15) is 13.2 Å². The van der Waals surface area contributed by atoms with E-state index in [-0.39, 0.29) is 41.0 Å². The molecule has 0 aliphatic rings. The van der Waals surface area contributed by atoms with Crippen molar-refractivity contribution in [1.82, 2.24) is 14.9 Å². The molecule has 1 N–H and O–H groups in total. The maximum Gasteiger partial charge on any atom is 0.422 e. The molecule has 3 aromatic carbocycles. The van der Waals surface area contributed by atoms with Crippen LogP contribution in [0.3, 0.4) is 0 Å². The predicted octanol–water partition coefficient (Wildman–Crippen LogP) is 6.92. The molecule has 42 heavy (non-hydrogen) atoms. The second kappa shape index (κ2) is 13.6. The number of fused-ring (bicyclic) bond motifs is 1. The number of allylic oxidation sites excluding steroid dienone is 1. The zero-order valence-electron chi connectivity index (χ0n) is 22.7. The number of carbonyl (C=O) groups excluding carboxylic acids is 1. The Hall–Kier alpha value is -4.22. The highest BCUT2D eigenvalue weighted by Crippen LogP contribution is 2.34. The van der Waals surface area contributed by atoms with Gasteiger partial charge in [0.05, 0.1) is 10.5 Å². The summed E-state index contributed by atoms with van der Waals surface area (Å²) >= 11 is 6.42. The summed E-state index contributed by atoms with van der Waals surface area (Å²) in [6, 6.07) is 13.9. The fourth-order valence-electron chi connectivity index (χ4n) is 3.92. The van der Waals surface area contributed by atoms with Crippen LogP contribution >= 0.6 is 11.6 Å². The van der Waals surface area contributed by atoms with Gasteiger partial charge in [-0.25, -0.2) is 14.4 Å². The first-order valence-electron chi connectivity index (χ1n) is 12.7. The van der Waals surface area contributed by atoms with Gasteiger partial charge in [0.15, 0.2) is 12.4 Å². The van der Waals surface area contributed by atoms with Gasteiger partial charge in [-0.15, -0.1) is 0 Å². The Morgan fingerprint density at radius 3 is 2.57 bits per heavy atom. The Balaban J connectivity index is 1.58. The molecule has 0 spiro atoms. The molecule has 0 aliphatic heterocycles. The van der Waals surface area contributed by atoms with Crippen LogP contribution in [0.1, 0.15) is 11.1 Å². The Kier molecular flexibility index (Phi) is 9.97. The van der Waals surface area contributed by atoms with Crippen molar-refractivity contribution in [3.8, 4) is 11.5 Å². The van der Waals surface area contributed by atoms with Crippen molar-refractivity contribution in [2.75, 3.05) is 32.6 Å². The molecule has 7 nitrogen and oxygen atoms in total. The first kappa shape index (κ1) is 30.7. The number of ether oxygens (including phenoxy) is 2. The highest BCUT2D eigenvalue weighted by molar-refractivity contribution is 6.32. The Morgan fingerprint density at radius 2 is 1.86 bits per heavy atom. The zero-order chi connectivity index (χ0) is 30.3. The summed E-state index contributed by atoms with van der Waals surface area (Å²) in [5, 5.41) is 3.88. The molecule has 0 radical (unpaired) electrons. The van der Waals surface area contributed by atoms with E-state index in [0.717, 1.165) is 0 Å². The van der Waals surface area contributed by atoms with Crippen molar-refractivity contribution in [2.24, 2.45) is 0 Å². The fourth-order valence-corrected chi connectivity index (χ4v) is 4.16. The van der Waals surface area contributed by atoms with Crippen LogP contribution in [0, 0.1) is 5.82 Å². The van der Waals surface area contributed by atoms with Crippen LogP contribution in [0.5, 0.6) is 11.5 Å². The maximum atomic E-state index is 13.4. The highest BCUT2D eigenvalue weighted by atomic mass is 35.5. The quantitative estimate of drug-likeness (QED) is 0.139. The number of nitrogens with one attached hydrogen (secondary N) is 1. The summed E-state index contributed by atoms with van der Waals surface area (Å²) in [6.07, 6.45) is -0.439. The van der Waals surface area contributed by atoms with Crippen molar-refractivity contribution in [3.63, 3.8) is 0 Å². The number of alkyl halides is 3. The molecule has 0 saturated carbocycles. The largest absolute Gasteiger partial charge is 0.487 e. The lowest BCUT2D eigenvalue weighted by atomic mass is 10.0. The summed E-state index contributed by atoms with van der Waals surface area (Å²) in [7, 11) is 3.69. The highest BCUT2D eigenvalue weighted by Gasteiger charge is 2.29. The number of hydrogen-bond donors (Lipinski definition) is 1. The van der Waals surface area contributed by atoms with Crippen LogP contribution in [0.15, 0.2) is 73.1 Å². The number of rotatable bonds is 12. The van der Waals surface area contributed by atoms with E-state index in [9.17, 15) is 22.4 Å². The van der Waals surface area contributed by atoms with Crippen molar-refractivity contribution < 1.29 is 31.8 Å². The smallest absolute Gasteiger partial charge is 0.422 e. The second-order valence-corrected chi connectivity index (χ2v) is 10.0. The Labute approximate surface area is 244 Å². The standard InChI is InChI=1S/C30H27ClF4N4O3/c1-39(2)10-4-7-23(40)12-20-13-24-26(15-28(20)42-17-30(33,34)35)36-18-37-29(24)38-22-8-9-27(25(31)14-22)41-16-19-5-3-6-21(32)11-19/h3-9,11,13-15,18H,10,12,16-17H2,1-2H3,(H,36,37,38)/b7-4+. The lowest BCUT2D eigenvalue weighted by Gasteiger charge is -2.15. The van der Waals surface area contributed by atoms with E-state index in [4.69, 9.17) is 21.1 Å². The van der Waals surface area contributed by atoms with Gasteiger partial charge in [0.2, 0.25) is 0 Å². The van der Waals surface area contributed by atoms with Gasteiger partial charge in [0.25, 0.3) is 0 Å². The monoisotopic (exact) mass is 602 g/mol. The number of anilines is 2. The molecule has 1 heterocycles. The topological polar surface area (TPSA) is 76.6 Å². The summed E-state index contributed by atoms with van der Waals surface area (Å²) in [5.74, 6) is -0.0507. The average molecular weight is 603 g/mol. The molecule has 220 valence electrons. The number of nitrogens with zero attached hydrogens (tertiary/aromatic N) is 3. The third-order valence-corrected chi connectivity index (χ3v) is 6.12. The summed E-state index contributed by atoms with van der Waals surface area (Å²) in [6.45, 7) is -0.871. The van der Waals surface area contributed by atoms with Crippen LogP contribution < -0.4 is 14.8 Å². The molecule has 0 saturated heterocycles. The average Bonchev–Trinajstić information content (AvgIpc) is 2.91.